The van der Waals surface area contributed by atoms with E-state index in [4.69, 9.17) is 4.74 Å². The Balaban J connectivity index is 0. The lowest BCUT2D eigenvalue weighted by Gasteiger charge is -2.31. The van der Waals surface area contributed by atoms with E-state index in [2.05, 4.69) is 49.6 Å². The van der Waals surface area contributed by atoms with Gasteiger partial charge in [0.2, 0.25) is 0 Å². The summed E-state index contributed by atoms with van der Waals surface area (Å²) in [6, 6.07) is 0. The number of carbonyl (C=O) groups is 2. The fraction of sp³-hybridized carbons (Fsp3) is 0.892. The first-order valence-corrected chi connectivity index (χ1v) is 18.7. The lowest BCUT2D eigenvalue weighted by molar-refractivity contribution is -0.757. The van der Waals surface area contributed by atoms with Gasteiger partial charge in [0, 0.05) is 25.8 Å². The number of esters is 1. The number of likely N-dealkylation sites (tertiary alicyclic amines) is 1. The zero-order valence-corrected chi connectivity index (χ0v) is 30.3. The molecule has 1 rings (SSSR count). The van der Waals surface area contributed by atoms with Crippen molar-refractivity contribution in [3.8, 4) is 0 Å². The van der Waals surface area contributed by atoms with E-state index in [0.717, 1.165) is 103 Å². The molecule has 0 amide bonds. The highest BCUT2D eigenvalue weighted by Gasteiger charge is 2.18. The molecular weight excluding hydrogens is 568 g/mol. The predicted octanol–water partition coefficient (Wildman–Crippen LogP) is 10.3. The Kier molecular flexibility index (Phi) is 35.0. The van der Waals surface area contributed by atoms with Gasteiger partial charge in [0.15, 0.2) is 0 Å². The Morgan fingerprint density at radius 2 is 1.56 bits per heavy atom. The zero-order chi connectivity index (χ0) is 34.0. The first-order valence-electron chi connectivity index (χ1n) is 18.7. The molecular formula is C37H72N2O6. The van der Waals surface area contributed by atoms with E-state index in [9.17, 15) is 19.7 Å². The van der Waals surface area contributed by atoms with Crippen LogP contribution >= 0.6 is 0 Å². The van der Waals surface area contributed by atoms with Crippen molar-refractivity contribution in [2.75, 3.05) is 32.8 Å². The molecule has 0 spiro atoms. The van der Waals surface area contributed by atoms with Crippen LogP contribution in [0.3, 0.4) is 0 Å². The van der Waals surface area contributed by atoms with Gasteiger partial charge < -0.3 is 14.5 Å². The van der Waals surface area contributed by atoms with E-state index in [1.54, 1.807) is 0 Å². The van der Waals surface area contributed by atoms with E-state index in [-0.39, 0.29) is 12.6 Å². The van der Waals surface area contributed by atoms with Crippen LogP contribution in [0.2, 0.25) is 0 Å². The Morgan fingerprint density at radius 3 is 2.18 bits per heavy atom. The molecule has 0 aliphatic carbocycles. The number of hydrogen-bond donors (Lipinski definition) is 0. The van der Waals surface area contributed by atoms with Crippen molar-refractivity contribution in [3.63, 3.8) is 0 Å². The fourth-order valence-electron chi connectivity index (χ4n) is 5.58. The SMILES string of the molecule is CC.CC/C=C\CCCC(=O)OCCCN1CCC(CCCO[N+](=O)[O-])CC1.CCCCCCCC(=O)CCC(CC)CCC. The molecule has 8 heteroatoms. The monoisotopic (exact) mass is 641 g/mol. The van der Waals surface area contributed by atoms with Crippen LogP contribution < -0.4 is 0 Å². The second-order valence-electron chi connectivity index (χ2n) is 12.1. The third-order valence-electron chi connectivity index (χ3n) is 8.36. The number of Topliss-reactive ketones (excluding diaryl/α,β-unsaturated/α-hetero) is 1. The highest BCUT2D eigenvalue weighted by atomic mass is 16.9. The number of ketones is 1. The molecule has 0 saturated carbocycles. The van der Waals surface area contributed by atoms with E-state index in [0.29, 0.717) is 24.7 Å². The quantitative estimate of drug-likeness (QED) is 0.0305. The molecule has 1 fully saturated rings. The predicted molar refractivity (Wildman–Crippen MR) is 188 cm³/mol. The highest BCUT2D eigenvalue weighted by molar-refractivity contribution is 5.78. The van der Waals surface area contributed by atoms with Crippen LogP contribution in [0, 0.1) is 22.0 Å². The van der Waals surface area contributed by atoms with Gasteiger partial charge in [0.1, 0.15) is 5.78 Å². The Labute approximate surface area is 277 Å². The molecule has 1 saturated heterocycles. The summed E-state index contributed by atoms with van der Waals surface area (Å²) in [5.41, 5.74) is 0. The lowest BCUT2D eigenvalue weighted by atomic mass is 9.92. The second-order valence-corrected chi connectivity index (χ2v) is 12.1. The van der Waals surface area contributed by atoms with Crippen molar-refractivity contribution in [3.05, 3.63) is 22.3 Å². The highest BCUT2D eigenvalue weighted by Crippen LogP contribution is 2.22. The molecule has 0 aromatic rings. The van der Waals surface area contributed by atoms with Gasteiger partial charge in [-0.3, -0.25) is 9.59 Å². The van der Waals surface area contributed by atoms with E-state index in [1.807, 2.05) is 13.8 Å². The number of carbonyl (C=O) groups excluding carboxylic acids is 2. The summed E-state index contributed by atoms with van der Waals surface area (Å²) in [6.07, 6.45) is 25.3. The summed E-state index contributed by atoms with van der Waals surface area (Å²) in [4.78, 5) is 40.2. The minimum absolute atomic E-state index is 0.0921. The third-order valence-corrected chi connectivity index (χ3v) is 8.36. The molecule has 1 heterocycles. The summed E-state index contributed by atoms with van der Waals surface area (Å²) in [6.45, 7) is 16.6. The largest absolute Gasteiger partial charge is 0.466 e. The standard InChI is InChI=1S/C19H34N2O5.C16H32O.C2H6/c1-2-3-4-5-6-10-19(22)25-16-8-13-20-14-11-18(12-15-20)9-7-17-26-21(23)24;1-4-7-8-9-10-12-16(17)14-13-15(6-3)11-5-2;1-2/h3-4,18H,2,5-17H2,1H3;15H,4-14H2,1-3H3;1-2H3/b4-3-;;. The van der Waals surface area contributed by atoms with Crippen LogP contribution in [-0.4, -0.2) is 54.6 Å². The number of rotatable bonds is 26. The van der Waals surface area contributed by atoms with Crippen molar-refractivity contribution >= 4 is 11.8 Å². The minimum Gasteiger partial charge on any atom is -0.466 e. The topological polar surface area (TPSA) is 99.0 Å². The van der Waals surface area contributed by atoms with Gasteiger partial charge in [0.05, 0.1) is 13.2 Å². The molecule has 0 radical (unpaired) electrons. The van der Waals surface area contributed by atoms with Crippen molar-refractivity contribution in [2.45, 2.75) is 170 Å². The molecule has 1 unspecified atom stereocenters. The van der Waals surface area contributed by atoms with Crippen molar-refractivity contribution in [2.24, 2.45) is 11.8 Å². The molecule has 1 aliphatic heterocycles. The van der Waals surface area contributed by atoms with Crippen LogP contribution in [0.1, 0.15) is 170 Å². The first kappa shape index (κ1) is 45.2. The summed E-state index contributed by atoms with van der Waals surface area (Å²) in [5.74, 6) is 1.83. The smallest absolute Gasteiger partial charge is 0.305 e. The molecule has 45 heavy (non-hydrogen) atoms. The number of nitrogens with zero attached hydrogens (tertiary/aromatic N) is 2. The molecule has 1 atom stereocenters. The van der Waals surface area contributed by atoms with E-state index < -0.39 is 5.09 Å². The van der Waals surface area contributed by atoms with Crippen LogP contribution in [0.15, 0.2) is 12.2 Å². The summed E-state index contributed by atoms with van der Waals surface area (Å²) in [5, 5.41) is 9.37. The molecule has 0 bridgehead atoms. The van der Waals surface area contributed by atoms with Crippen LogP contribution in [0.25, 0.3) is 0 Å². The van der Waals surface area contributed by atoms with Crippen molar-refractivity contribution < 1.29 is 24.3 Å². The zero-order valence-electron chi connectivity index (χ0n) is 30.3. The van der Waals surface area contributed by atoms with Gasteiger partial charge in [0.25, 0.3) is 5.09 Å². The van der Waals surface area contributed by atoms with Gasteiger partial charge in [-0.1, -0.05) is 98.6 Å². The Bertz CT molecular complexity index is 707. The van der Waals surface area contributed by atoms with Gasteiger partial charge in [-0.2, -0.15) is 0 Å². The molecule has 266 valence electrons. The normalized spacial score (nSPS) is 14.2. The van der Waals surface area contributed by atoms with Crippen LogP contribution in [0.4, 0.5) is 0 Å². The fourth-order valence-corrected chi connectivity index (χ4v) is 5.58. The lowest BCUT2D eigenvalue weighted by Crippen LogP contribution is -2.35. The van der Waals surface area contributed by atoms with Gasteiger partial charge >= 0.3 is 5.97 Å². The van der Waals surface area contributed by atoms with Gasteiger partial charge in [-0.05, 0) is 89.1 Å². The summed E-state index contributed by atoms with van der Waals surface area (Å²) >= 11 is 0. The Morgan fingerprint density at radius 1 is 0.844 bits per heavy atom. The maximum Gasteiger partial charge on any atom is 0.305 e. The van der Waals surface area contributed by atoms with E-state index >= 15 is 0 Å². The average Bonchev–Trinajstić information content (AvgIpc) is 3.05. The first-order chi connectivity index (χ1) is 21.9. The van der Waals surface area contributed by atoms with Gasteiger partial charge in [-0.15, -0.1) is 10.1 Å². The van der Waals surface area contributed by atoms with Crippen LogP contribution in [0.5, 0.6) is 0 Å². The van der Waals surface area contributed by atoms with Crippen molar-refractivity contribution in [1.29, 1.82) is 0 Å². The summed E-state index contributed by atoms with van der Waals surface area (Å²) < 4.78 is 5.29. The number of unbranched alkanes of at least 4 members (excludes halogenated alkanes) is 5. The number of ether oxygens (including phenoxy) is 1. The number of allylic oxidation sites excluding steroid dienone is 2. The molecule has 0 N–H and O–H groups in total. The second kappa shape index (κ2) is 34.9. The number of hydrogen-bond acceptors (Lipinski definition) is 7. The molecule has 0 aromatic carbocycles. The third kappa shape index (κ3) is 31.8. The minimum atomic E-state index is -0.723. The molecule has 1 aliphatic rings. The average molecular weight is 641 g/mol. The van der Waals surface area contributed by atoms with Gasteiger partial charge in [-0.25, -0.2) is 0 Å². The van der Waals surface area contributed by atoms with Crippen LogP contribution in [-0.2, 0) is 19.2 Å². The molecule has 8 nitrogen and oxygen atoms in total. The maximum atomic E-state index is 11.7. The Hall–Kier alpha value is -1.96. The maximum absolute atomic E-state index is 11.7. The van der Waals surface area contributed by atoms with Crippen molar-refractivity contribution in [1.82, 2.24) is 4.90 Å². The molecule has 0 aromatic heterocycles. The summed E-state index contributed by atoms with van der Waals surface area (Å²) in [7, 11) is 0. The number of piperidine rings is 1. The van der Waals surface area contributed by atoms with E-state index in [1.165, 1.54) is 44.9 Å².